The summed E-state index contributed by atoms with van der Waals surface area (Å²) in [5.74, 6) is 0. The number of hydrogen-bond donors (Lipinski definition) is 1. The molecule has 0 saturated carbocycles. The Bertz CT molecular complexity index is 372. The lowest BCUT2D eigenvalue weighted by Gasteiger charge is -2.01. The SMILES string of the molecule is Cc1c(C#N)cccc1C=CCCN. The van der Waals surface area contributed by atoms with Crippen LogP contribution in [0.15, 0.2) is 24.3 Å². The summed E-state index contributed by atoms with van der Waals surface area (Å²) in [7, 11) is 0. The van der Waals surface area contributed by atoms with Gasteiger partial charge in [-0.15, -0.1) is 0 Å². The quantitative estimate of drug-likeness (QED) is 0.787. The van der Waals surface area contributed by atoms with E-state index in [0.717, 1.165) is 23.1 Å². The highest BCUT2D eigenvalue weighted by Gasteiger charge is 1.99. The minimum Gasteiger partial charge on any atom is -0.330 e. The first kappa shape index (κ1) is 10.5. The fraction of sp³-hybridized carbons (Fsp3) is 0.250. The minimum atomic E-state index is 0.660. The van der Waals surface area contributed by atoms with Crippen molar-refractivity contribution in [2.24, 2.45) is 5.73 Å². The lowest BCUT2D eigenvalue weighted by Crippen LogP contribution is -1.95. The maximum absolute atomic E-state index is 8.82. The molecule has 0 aliphatic carbocycles. The summed E-state index contributed by atoms with van der Waals surface area (Å²) in [4.78, 5) is 0. The molecule has 0 aromatic heterocycles. The maximum Gasteiger partial charge on any atom is 0.0994 e. The van der Waals surface area contributed by atoms with Gasteiger partial charge in [0.05, 0.1) is 11.6 Å². The van der Waals surface area contributed by atoms with Crippen LogP contribution in [0.4, 0.5) is 0 Å². The Labute approximate surface area is 84.7 Å². The van der Waals surface area contributed by atoms with Gasteiger partial charge in [-0.05, 0) is 37.1 Å². The van der Waals surface area contributed by atoms with E-state index in [0.29, 0.717) is 6.54 Å². The van der Waals surface area contributed by atoms with Crippen molar-refractivity contribution in [3.8, 4) is 6.07 Å². The molecule has 0 atom stereocenters. The smallest absolute Gasteiger partial charge is 0.0994 e. The van der Waals surface area contributed by atoms with Gasteiger partial charge >= 0.3 is 0 Å². The van der Waals surface area contributed by atoms with Gasteiger partial charge in [-0.25, -0.2) is 0 Å². The molecule has 0 heterocycles. The zero-order valence-corrected chi connectivity index (χ0v) is 8.33. The summed E-state index contributed by atoms with van der Waals surface area (Å²) in [5, 5.41) is 8.82. The number of rotatable bonds is 3. The molecule has 14 heavy (non-hydrogen) atoms. The van der Waals surface area contributed by atoms with E-state index in [1.54, 1.807) is 0 Å². The van der Waals surface area contributed by atoms with E-state index in [1.165, 1.54) is 0 Å². The predicted octanol–water partition coefficient (Wildman–Crippen LogP) is 2.23. The van der Waals surface area contributed by atoms with Gasteiger partial charge in [0.2, 0.25) is 0 Å². The first-order chi connectivity index (χ1) is 6.79. The molecular weight excluding hydrogens is 172 g/mol. The molecule has 0 radical (unpaired) electrons. The molecule has 1 aromatic carbocycles. The van der Waals surface area contributed by atoms with Gasteiger partial charge < -0.3 is 5.73 Å². The molecule has 0 aliphatic rings. The molecule has 0 amide bonds. The summed E-state index contributed by atoms with van der Waals surface area (Å²) in [5.41, 5.74) is 8.24. The van der Waals surface area contributed by atoms with E-state index in [4.69, 9.17) is 11.0 Å². The molecule has 0 saturated heterocycles. The van der Waals surface area contributed by atoms with Gasteiger partial charge in [0, 0.05) is 0 Å². The third-order valence-electron chi connectivity index (χ3n) is 2.13. The van der Waals surface area contributed by atoms with E-state index >= 15 is 0 Å². The van der Waals surface area contributed by atoms with Crippen molar-refractivity contribution in [3.05, 3.63) is 41.0 Å². The Morgan fingerprint density at radius 2 is 2.29 bits per heavy atom. The standard InChI is InChI=1S/C12H14N2/c1-10-11(5-2-3-8-13)6-4-7-12(10)9-14/h2,4-7H,3,8,13H2,1H3. The molecule has 1 aromatic rings. The lowest BCUT2D eigenvalue weighted by atomic mass is 10.0. The van der Waals surface area contributed by atoms with Crippen molar-refractivity contribution < 1.29 is 0 Å². The minimum absolute atomic E-state index is 0.660. The van der Waals surface area contributed by atoms with Gasteiger partial charge in [0.1, 0.15) is 0 Å². The van der Waals surface area contributed by atoms with Crippen molar-refractivity contribution in [2.45, 2.75) is 13.3 Å². The Hall–Kier alpha value is -1.59. The molecule has 2 heteroatoms. The van der Waals surface area contributed by atoms with Crippen molar-refractivity contribution in [2.75, 3.05) is 6.54 Å². The maximum atomic E-state index is 8.82. The van der Waals surface area contributed by atoms with Gasteiger partial charge in [0.15, 0.2) is 0 Å². The Balaban J connectivity index is 2.94. The Morgan fingerprint density at radius 3 is 2.93 bits per heavy atom. The van der Waals surface area contributed by atoms with Crippen LogP contribution in [0.3, 0.4) is 0 Å². The van der Waals surface area contributed by atoms with Crippen LogP contribution in [0.2, 0.25) is 0 Å². The highest BCUT2D eigenvalue weighted by molar-refractivity contribution is 5.57. The molecule has 0 spiro atoms. The summed E-state index contributed by atoms with van der Waals surface area (Å²) in [6, 6.07) is 7.90. The summed E-state index contributed by atoms with van der Waals surface area (Å²) >= 11 is 0. The Kier molecular flexibility index (Phi) is 3.90. The van der Waals surface area contributed by atoms with Crippen molar-refractivity contribution in [1.29, 1.82) is 5.26 Å². The molecule has 1 rings (SSSR count). The fourth-order valence-corrected chi connectivity index (χ4v) is 1.26. The zero-order valence-electron chi connectivity index (χ0n) is 8.33. The molecule has 72 valence electrons. The average Bonchev–Trinajstić information content (AvgIpc) is 2.21. The first-order valence-corrected chi connectivity index (χ1v) is 4.66. The van der Waals surface area contributed by atoms with Crippen LogP contribution >= 0.6 is 0 Å². The number of hydrogen-bond acceptors (Lipinski definition) is 2. The van der Waals surface area contributed by atoms with Crippen molar-refractivity contribution in [1.82, 2.24) is 0 Å². The number of nitrogens with zero attached hydrogens (tertiary/aromatic N) is 1. The van der Waals surface area contributed by atoms with Crippen molar-refractivity contribution >= 4 is 6.08 Å². The summed E-state index contributed by atoms with van der Waals surface area (Å²) in [6.45, 7) is 2.62. The first-order valence-electron chi connectivity index (χ1n) is 4.66. The molecular formula is C12H14N2. The second kappa shape index (κ2) is 5.21. The number of nitrogens with two attached hydrogens (primary N) is 1. The Morgan fingerprint density at radius 1 is 1.50 bits per heavy atom. The van der Waals surface area contributed by atoms with Crippen LogP contribution in [0.5, 0.6) is 0 Å². The number of nitriles is 1. The third-order valence-corrected chi connectivity index (χ3v) is 2.13. The molecule has 2 nitrogen and oxygen atoms in total. The van der Waals surface area contributed by atoms with Gasteiger partial charge in [-0.2, -0.15) is 5.26 Å². The van der Waals surface area contributed by atoms with Crippen LogP contribution in [-0.2, 0) is 0 Å². The lowest BCUT2D eigenvalue weighted by molar-refractivity contribution is 1.01. The van der Waals surface area contributed by atoms with Crippen LogP contribution in [0.1, 0.15) is 23.1 Å². The monoisotopic (exact) mass is 186 g/mol. The van der Waals surface area contributed by atoms with Crippen molar-refractivity contribution in [3.63, 3.8) is 0 Å². The normalized spacial score (nSPS) is 10.4. The second-order valence-corrected chi connectivity index (χ2v) is 3.11. The van der Waals surface area contributed by atoms with E-state index in [1.807, 2.05) is 37.3 Å². The second-order valence-electron chi connectivity index (χ2n) is 3.11. The van der Waals surface area contributed by atoms with Crippen LogP contribution < -0.4 is 5.73 Å². The summed E-state index contributed by atoms with van der Waals surface area (Å²) < 4.78 is 0. The largest absolute Gasteiger partial charge is 0.330 e. The van der Waals surface area contributed by atoms with Gasteiger partial charge in [0.25, 0.3) is 0 Å². The van der Waals surface area contributed by atoms with E-state index in [-0.39, 0.29) is 0 Å². The average molecular weight is 186 g/mol. The summed E-state index contributed by atoms with van der Waals surface area (Å²) in [6.07, 6.45) is 4.92. The molecule has 0 unspecified atom stereocenters. The van der Waals surface area contributed by atoms with Gasteiger partial charge in [-0.3, -0.25) is 0 Å². The molecule has 0 aliphatic heterocycles. The highest BCUT2D eigenvalue weighted by Crippen LogP contribution is 2.14. The number of benzene rings is 1. The highest BCUT2D eigenvalue weighted by atomic mass is 14.5. The van der Waals surface area contributed by atoms with E-state index in [2.05, 4.69) is 6.07 Å². The fourth-order valence-electron chi connectivity index (χ4n) is 1.26. The van der Waals surface area contributed by atoms with E-state index < -0.39 is 0 Å². The zero-order chi connectivity index (χ0) is 10.4. The molecule has 0 bridgehead atoms. The van der Waals surface area contributed by atoms with Crippen LogP contribution in [-0.4, -0.2) is 6.54 Å². The topological polar surface area (TPSA) is 49.8 Å². The third kappa shape index (κ3) is 2.45. The van der Waals surface area contributed by atoms with Crippen LogP contribution in [0, 0.1) is 18.3 Å². The van der Waals surface area contributed by atoms with Gasteiger partial charge in [-0.1, -0.05) is 24.3 Å². The predicted molar refractivity (Wildman–Crippen MR) is 58.6 cm³/mol. The molecule has 0 fully saturated rings. The van der Waals surface area contributed by atoms with E-state index in [9.17, 15) is 0 Å². The molecule has 2 N–H and O–H groups in total. The van der Waals surface area contributed by atoms with Crippen LogP contribution in [0.25, 0.3) is 6.08 Å².